The van der Waals surface area contributed by atoms with Gasteiger partial charge in [0.2, 0.25) is 10.0 Å². The summed E-state index contributed by atoms with van der Waals surface area (Å²) in [5.41, 5.74) is 1.10. The molecule has 3 N–H and O–H groups in total. The van der Waals surface area contributed by atoms with Gasteiger partial charge in [-0.25, -0.2) is 17.9 Å². The molecule has 0 saturated heterocycles. The van der Waals surface area contributed by atoms with Crippen molar-refractivity contribution in [3.8, 4) is 0 Å². The van der Waals surface area contributed by atoms with E-state index in [2.05, 4.69) is 14.8 Å². The Morgan fingerprint density at radius 3 is 2.59 bits per heavy atom. The number of hydrogen-bond donors (Lipinski definition) is 3. The van der Waals surface area contributed by atoms with Gasteiger partial charge in [-0.15, -0.1) is 11.3 Å². The molecule has 142 valence electrons. The summed E-state index contributed by atoms with van der Waals surface area (Å²) in [7, 11) is -2.56. The first kappa shape index (κ1) is 19.3. The summed E-state index contributed by atoms with van der Waals surface area (Å²) in [6, 6.07) is 13.3. The number of aliphatic hydroxyl groups is 1. The van der Waals surface area contributed by atoms with Crippen LogP contribution in [0.3, 0.4) is 0 Å². The molecule has 1 unspecified atom stereocenters. The van der Waals surface area contributed by atoms with E-state index in [0.717, 1.165) is 10.1 Å². The minimum absolute atomic E-state index is 0.0280. The van der Waals surface area contributed by atoms with Gasteiger partial charge in [-0.3, -0.25) is 5.32 Å². The van der Waals surface area contributed by atoms with Crippen molar-refractivity contribution in [2.75, 3.05) is 19.0 Å². The fourth-order valence-corrected chi connectivity index (χ4v) is 4.57. The van der Waals surface area contributed by atoms with Crippen molar-refractivity contribution in [1.29, 1.82) is 0 Å². The van der Waals surface area contributed by atoms with Crippen LogP contribution in [0.5, 0.6) is 0 Å². The number of anilines is 1. The van der Waals surface area contributed by atoms with Gasteiger partial charge in [-0.2, -0.15) is 0 Å². The van der Waals surface area contributed by atoms with Crippen LogP contribution >= 0.6 is 11.3 Å². The summed E-state index contributed by atoms with van der Waals surface area (Å²) in [6.45, 7) is -0.148. The summed E-state index contributed by atoms with van der Waals surface area (Å²) in [4.78, 5) is 11.2. The van der Waals surface area contributed by atoms with Gasteiger partial charge in [0.25, 0.3) is 0 Å². The van der Waals surface area contributed by atoms with Crippen molar-refractivity contribution in [1.82, 2.24) is 4.72 Å². The average molecular weight is 406 g/mol. The number of aliphatic hydroxyl groups excluding tert-OH is 1. The second-order valence-electron chi connectivity index (χ2n) is 5.70. The maximum Gasteiger partial charge on any atom is 0.411 e. The number of amides is 1. The fraction of sp³-hybridized carbons (Fsp3) is 0.167. The SMILES string of the molecule is COC(=O)Nc1ccc(S(=O)(=O)NCC(O)c2csc3ccccc23)cc1. The lowest BCUT2D eigenvalue weighted by Crippen LogP contribution is -2.28. The van der Waals surface area contributed by atoms with Crippen molar-refractivity contribution < 1.29 is 23.1 Å². The standard InChI is InChI=1S/C18H18N2O5S2/c1-25-18(22)20-12-6-8-13(9-7-12)27(23,24)19-10-16(21)15-11-26-17-5-3-2-4-14(15)17/h2-9,11,16,19,21H,10H2,1H3,(H,20,22). The summed E-state index contributed by atoms with van der Waals surface area (Å²) < 4.78 is 32.8. The van der Waals surface area contributed by atoms with Crippen LogP contribution in [0.2, 0.25) is 0 Å². The van der Waals surface area contributed by atoms with Crippen LogP contribution in [0.25, 0.3) is 10.1 Å². The minimum atomic E-state index is -3.80. The molecular formula is C18H18N2O5S2. The number of methoxy groups -OCH3 is 1. The number of thiophene rings is 1. The zero-order valence-corrected chi connectivity index (χ0v) is 16.0. The molecule has 1 amide bonds. The van der Waals surface area contributed by atoms with Gasteiger partial charge in [-0.1, -0.05) is 18.2 Å². The number of benzene rings is 2. The van der Waals surface area contributed by atoms with Gasteiger partial charge in [0.05, 0.1) is 18.1 Å². The lowest BCUT2D eigenvalue weighted by molar-refractivity contribution is 0.184. The molecular weight excluding hydrogens is 388 g/mol. The number of nitrogens with one attached hydrogen (secondary N) is 2. The Morgan fingerprint density at radius 2 is 1.89 bits per heavy atom. The third-order valence-corrected chi connectivity index (χ3v) is 6.35. The van der Waals surface area contributed by atoms with Crippen molar-refractivity contribution in [3.05, 3.63) is 59.5 Å². The molecule has 0 bridgehead atoms. The van der Waals surface area contributed by atoms with Crippen LogP contribution in [0, 0.1) is 0 Å². The molecule has 1 aromatic heterocycles. The van der Waals surface area contributed by atoms with Gasteiger partial charge in [0.1, 0.15) is 0 Å². The van der Waals surface area contributed by atoms with Gasteiger partial charge >= 0.3 is 6.09 Å². The highest BCUT2D eigenvalue weighted by Crippen LogP contribution is 2.30. The first-order valence-electron chi connectivity index (χ1n) is 7.99. The molecule has 27 heavy (non-hydrogen) atoms. The van der Waals surface area contributed by atoms with Crippen molar-refractivity contribution in [2.24, 2.45) is 0 Å². The van der Waals surface area contributed by atoms with E-state index in [1.807, 2.05) is 29.6 Å². The number of fused-ring (bicyclic) bond motifs is 1. The Morgan fingerprint density at radius 1 is 1.19 bits per heavy atom. The number of rotatable bonds is 6. The second kappa shape index (κ2) is 8.05. The maximum absolute atomic E-state index is 12.4. The number of hydrogen-bond acceptors (Lipinski definition) is 6. The van der Waals surface area contributed by atoms with Crippen LogP contribution in [0.4, 0.5) is 10.5 Å². The zero-order valence-electron chi connectivity index (χ0n) is 14.4. The number of sulfonamides is 1. The van der Waals surface area contributed by atoms with Crippen LogP contribution < -0.4 is 10.0 Å². The molecule has 0 spiro atoms. The van der Waals surface area contributed by atoms with E-state index in [1.54, 1.807) is 0 Å². The Kier molecular flexibility index (Phi) is 5.76. The van der Waals surface area contributed by atoms with Gasteiger partial charge in [-0.05, 0) is 41.1 Å². The van der Waals surface area contributed by atoms with Crippen molar-refractivity contribution in [2.45, 2.75) is 11.0 Å². The first-order valence-corrected chi connectivity index (χ1v) is 10.4. The largest absolute Gasteiger partial charge is 0.453 e. The predicted molar refractivity (Wildman–Crippen MR) is 104 cm³/mol. The molecule has 3 rings (SSSR count). The van der Waals surface area contributed by atoms with Gasteiger partial charge < -0.3 is 9.84 Å². The van der Waals surface area contributed by atoms with E-state index in [0.29, 0.717) is 11.3 Å². The third kappa shape index (κ3) is 4.45. The van der Waals surface area contributed by atoms with Crippen LogP contribution in [-0.2, 0) is 14.8 Å². The van der Waals surface area contributed by atoms with Crippen LogP contribution in [0.15, 0.2) is 58.8 Å². The predicted octanol–water partition coefficient (Wildman–Crippen LogP) is 3.09. The molecule has 9 heteroatoms. The van der Waals surface area contributed by atoms with E-state index >= 15 is 0 Å². The van der Waals surface area contributed by atoms with Crippen molar-refractivity contribution in [3.63, 3.8) is 0 Å². The van der Waals surface area contributed by atoms with E-state index < -0.39 is 22.2 Å². The molecule has 0 radical (unpaired) electrons. The molecule has 0 aliphatic heterocycles. The van der Waals surface area contributed by atoms with Crippen LogP contribution in [-0.4, -0.2) is 33.3 Å². The Hall–Kier alpha value is -2.46. The molecule has 3 aromatic rings. The van der Waals surface area contributed by atoms with E-state index in [9.17, 15) is 18.3 Å². The molecule has 0 fully saturated rings. The monoisotopic (exact) mass is 406 g/mol. The average Bonchev–Trinajstić information content (AvgIpc) is 3.11. The van der Waals surface area contributed by atoms with Gasteiger partial charge in [0, 0.05) is 22.5 Å². The number of carbonyl (C=O) groups excluding carboxylic acids is 1. The number of carbonyl (C=O) groups is 1. The van der Waals surface area contributed by atoms with E-state index in [4.69, 9.17) is 0 Å². The summed E-state index contributed by atoms with van der Waals surface area (Å²) in [5, 5.41) is 15.6. The Bertz CT molecular complexity index is 1050. The highest BCUT2D eigenvalue weighted by Gasteiger charge is 2.19. The van der Waals surface area contributed by atoms with E-state index in [-0.39, 0.29) is 11.4 Å². The minimum Gasteiger partial charge on any atom is -0.453 e. The Balaban J connectivity index is 1.68. The molecule has 0 aliphatic rings. The lowest BCUT2D eigenvalue weighted by atomic mass is 10.1. The fourth-order valence-electron chi connectivity index (χ4n) is 2.52. The Labute approximate surface area is 160 Å². The normalized spacial score (nSPS) is 12.7. The third-order valence-electron chi connectivity index (χ3n) is 3.93. The summed E-state index contributed by atoms with van der Waals surface area (Å²) in [6.07, 6.45) is -1.61. The topological polar surface area (TPSA) is 105 Å². The molecule has 2 aromatic carbocycles. The number of ether oxygens (including phenoxy) is 1. The highest BCUT2D eigenvalue weighted by atomic mass is 32.2. The zero-order chi connectivity index (χ0) is 19.4. The molecule has 7 nitrogen and oxygen atoms in total. The molecule has 0 aliphatic carbocycles. The smallest absolute Gasteiger partial charge is 0.411 e. The quantitative estimate of drug-likeness (QED) is 0.583. The van der Waals surface area contributed by atoms with E-state index in [1.165, 1.54) is 42.7 Å². The van der Waals surface area contributed by atoms with Crippen molar-refractivity contribution >= 4 is 43.2 Å². The first-order chi connectivity index (χ1) is 12.9. The van der Waals surface area contributed by atoms with Gasteiger partial charge in [0.15, 0.2) is 0 Å². The molecule has 0 saturated carbocycles. The lowest BCUT2D eigenvalue weighted by Gasteiger charge is -2.12. The molecule has 1 heterocycles. The highest BCUT2D eigenvalue weighted by molar-refractivity contribution is 7.89. The summed E-state index contributed by atoms with van der Waals surface area (Å²) in [5.74, 6) is 0. The maximum atomic E-state index is 12.4. The van der Waals surface area contributed by atoms with Crippen LogP contribution in [0.1, 0.15) is 11.7 Å². The molecule has 1 atom stereocenters. The summed E-state index contributed by atoms with van der Waals surface area (Å²) >= 11 is 1.50. The second-order valence-corrected chi connectivity index (χ2v) is 8.37.